The fraction of sp³-hybridized carbons (Fsp3) is 0.350. The van der Waals surface area contributed by atoms with Crippen molar-refractivity contribution in [2.24, 2.45) is 4.99 Å². The van der Waals surface area contributed by atoms with Crippen LogP contribution in [0.3, 0.4) is 0 Å². The van der Waals surface area contributed by atoms with Crippen molar-refractivity contribution in [3.05, 3.63) is 70.5 Å². The quantitative estimate of drug-likeness (QED) is 0.327. The van der Waals surface area contributed by atoms with Gasteiger partial charge in [0.15, 0.2) is 15.8 Å². The second-order valence-corrected chi connectivity index (χ2v) is 9.28. The van der Waals surface area contributed by atoms with Gasteiger partial charge in [-0.3, -0.25) is 4.99 Å². The van der Waals surface area contributed by atoms with Crippen LogP contribution in [0.25, 0.3) is 0 Å². The molecule has 0 spiro atoms. The first-order chi connectivity index (χ1) is 13.7. The first kappa shape index (κ1) is 24.4. The number of nitrogens with zero attached hydrogens (tertiary/aromatic N) is 1. The highest BCUT2D eigenvalue weighted by molar-refractivity contribution is 14.0. The molecular weight excluding hydrogens is 530 g/mol. The number of hydrogen-bond donors (Lipinski definition) is 2. The van der Waals surface area contributed by atoms with Gasteiger partial charge in [0.1, 0.15) is 17.5 Å². The Bertz CT molecular complexity index is 1030. The van der Waals surface area contributed by atoms with Crippen molar-refractivity contribution in [3.8, 4) is 0 Å². The highest BCUT2D eigenvalue weighted by Gasteiger charge is 2.42. The molecule has 1 fully saturated rings. The van der Waals surface area contributed by atoms with Gasteiger partial charge in [-0.1, -0.05) is 12.1 Å². The highest BCUT2D eigenvalue weighted by atomic mass is 127. The van der Waals surface area contributed by atoms with Crippen molar-refractivity contribution in [1.29, 1.82) is 0 Å². The van der Waals surface area contributed by atoms with Gasteiger partial charge in [0.05, 0.1) is 5.75 Å². The van der Waals surface area contributed by atoms with Crippen molar-refractivity contribution in [2.45, 2.75) is 30.7 Å². The predicted molar refractivity (Wildman–Crippen MR) is 121 cm³/mol. The van der Waals surface area contributed by atoms with Gasteiger partial charge in [-0.25, -0.2) is 21.6 Å². The minimum Gasteiger partial charge on any atom is -0.353 e. The van der Waals surface area contributed by atoms with Gasteiger partial charge in [-0.05, 0) is 41.8 Å². The number of aliphatic imine (C=N–C) groups is 1. The van der Waals surface area contributed by atoms with Gasteiger partial charge >= 0.3 is 0 Å². The number of nitrogens with one attached hydrogen (secondary N) is 2. The van der Waals surface area contributed by atoms with Crippen molar-refractivity contribution >= 4 is 39.8 Å². The van der Waals surface area contributed by atoms with E-state index in [1.165, 1.54) is 36.4 Å². The third kappa shape index (κ3) is 6.34. The summed E-state index contributed by atoms with van der Waals surface area (Å²) in [6, 6.07) is 7.54. The summed E-state index contributed by atoms with van der Waals surface area (Å²) in [5, 5.41) is 6.09. The van der Waals surface area contributed by atoms with Crippen LogP contribution in [-0.4, -0.2) is 33.7 Å². The van der Waals surface area contributed by atoms with Crippen LogP contribution in [0.5, 0.6) is 0 Å². The minimum atomic E-state index is -3.28. The normalized spacial score (nSPS) is 18.5. The molecule has 1 saturated carbocycles. The van der Waals surface area contributed by atoms with Gasteiger partial charge in [0.2, 0.25) is 0 Å². The summed E-state index contributed by atoms with van der Waals surface area (Å²) in [5.41, 5.74) is 1.04. The fourth-order valence-corrected chi connectivity index (χ4v) is 4.12. The summed E-state index contributed by atoms with van der Waals surface area (Å²) in [6.45, 7) is 0.147. The van der Waals surface area contributed by atoms with Crippen LogP contribution in [0.15, 0.2) is 41.4 Å². The average Bonchev–Trinajstić information content (AvgIpc) is 3.38. The van der Waals surface area contributed by atoms with E-state index < -0.39 is 27.3 Å². The van der Waals surface area contributed by atoms with Crippen molar-refractivity contribution in [3.63, 3.8) is 0 Å². The van der Waals surface area contributed by atoms with Crippen LogP contribution in [-0.2, 0) is 22.1 Å². The summed E-state index contributed by atoms with van der Waals surface area (Å²) in [6.07, 6.45) is 1.67. The molecule has 0 amide bonds. The van der Waals surface area contributed by atoms with Crippen molar-refractivity contribution in [1.82, 2.24) is 10.6 Å². The zero-order valence-corrected chi connectivity index (χ0v) is 19.6. The van der Waals surface area contributed by atoms with Crippen LogP contribution in [0, 0.1) is 17.5 Å². The lowest BCUT2D eigenvalue weighted by atomic mass is 10.1. The Balaban J connectivity index is 0.00000320. The van der Waals surface area contributed by atoms with Gasteiger partial charge < -0.3 is 10.6 Å². The summed E-state index contributed by atoms with van der Waals surface area (Å²) in [7, 11) is -1.74. The number of guanidine groups is 1. The van der Waals surface area contributed by atoms with E-state index in [1.54, 1.807) is 7.05 Å². The van der Waals surface area contributed by atoms with Crippen molar-refractivity contribution < 1.29 is 21.6 Å². The third-order valence-corrected chi connectivity index (χ3v) is 5.57. The zero-order valence-electron chi connectivity index (χ0n) is 16.5. The number of halogens is 4. The predicted octanol–water partition coefficient (Wildman–Crippen LogP) is 3.49. The monoisotopic (exact) mass is 553 g/mol. The van der Waals surface area contributed by atoms with E-state index in [0.717, 1.165) is 6.26 Å². The molecule has 1 aliphatic carbocycles. The molecule has 1 aliphatic rings. The lowest BCUT2D eigenvalue weighted by Gasteiger charge is -2.14. The SMILES string of the molecule is CN=C(NCc1cc(F)ccc1CS(C)(=O)=O)NC1CC1c1c(F)cccc1F.I. The average molecular weight is 553 g/mol. The van der Waals surface area contributed by atoms with Crippen LogP contribution >= 0.6 is 24.0 Å². The molecule has 0 aromatic heterocycles. The Kier molecular flexibility index (Phi) is 8.14. The summed E-state index contributed by atoms with van der Waals surface area (Å²) in [5.74, 6) is -1.75. The lowest BCUT2D eigenvalue weighted by Crippen LogP contribution is -2.38. The Morgan fingerprint density at radius 3 is 2.40 bits per heavy atom. The third-order valence-electron chi connectivity index (χ3n) is 4.74. The molecule has 0 aliphatic heterocycles. The molecule has 0 saturated heterocycles. The second-order valence-electron chi connectivity index (χ2n) is 7.14. The molecule has 5 nitrogen and oxygen atoms in total. The van der Waals surface area contributed by atoms with Gasteiger partial charge in [-0.2, -0.15) is 0 Å². The molecule has 3 rings (SSSR count). The molecular formula is C20H23F3IN3O2S. The molecule has 10 heteroatoms. The first-order valence-corrected chi connectivity index (χ1v) is 11.1. The van der Waals surface area contributed by atoms with Crippen LogP contribution in [0.2, 0.25) is 0 Å². The number of benzene rings is 2. The van der Waals surface area contributed by atoms with Crippen LogP contribution in [0.4, 0.5) is 13.2 Å². The van der Waals surface area contributed by atoms with Gasteiger partial charge in [0.25, 0.3) is 0 Å². The Morgan fingerprint density at radius 1 is 1.13 bits per heavy atom. The van der Waals surface area contributed by atoms with E-state index in [9.17, 15) is 21.6 Å². The Labute approximate surface area is 191 Å². The molecule has 0 heterocycles. The maximum Gasteiger partial charge on any atom is 0.191 e. The maximum absolute atomic E-state index is 13.9. The second kappa shape index (κ2) is 9.99. The van der Waals surface area contributed by atoms with E-state index in [-0.39, 0.29) is 53.8 Å². The summed E-state index contributed by atoms with van der Waals surface area (Å²) in [4.78, 5) is 4.08. The summed E-state index contributed by atoms with van der Waals surface area (Å²) < 4.78 is 64.7. The number of hydrogen-bond acceptors (Lipinski definition) is 3. The summed E-state index contributed by atoms with van der Waals surface area (Å²) >= 11 is 0. The molecule has 2 unspecified atom stereocenters. The van der Waals surface area contributed by atoms with E-state index >= 15 is 0 Å². The van der Waals surface area contributed by atoms with E-state index in [0.29, 0.717) is 23.5 Å². The molecule has 2 atom stereocenters. The zero-order chi connectivity index (χ0) is 21.2. The topological polar surface area (TPSA) is 70.6 Å². The smallest absolute Gasteiger partial charge is 0.191 e. The molecule has 0 bridgehead atoms. The van der Waals surface area contributed by atoms with Gasteiger partial charge in [0, 0.05) is 37.4 Å². The fourth-order valence-electron chi connectivity index (χ4n) is 3.27. The van der Waals surface area contributed by atoms with E-state index in [4.69, 9.17) is 0 Å². The highest BCUT2D eigenvalue weighted by Crippen LogP contribution is 2.43. The molecule has 30 heavy (non-hydrogen) atoms. The molecule has 2 aromatic rings. The van der Waals surface area contributed by atoms with Crippen molar-refractivity contribution in [2.75, 3.05) is 13.3 Å². The Morgan fingerprint density at radius 2 is 1.80 bits per heavy atom. The van der Waals surface area contributed by atoms with E-state index in [1.807, 2.05) is 0 Å². The number of rotatable bonds is 6. The Hall–Kier alpha value is -1.82. The first-order valence-electron chi connectivity index (χ1n) is 9.04. The molecule has 0 radical (unpaired) electrons. The number of sulfone groups is 1. The van der Waals surface area contributed by atoms with Crippen LogP contribution in [0.1, 0.15) is 29.0 Å². The van der Waals surface area contributed by atoms with Crippen LogP contribution < -0.4 is 10.6 Å². The van der Waals surface area contributed by atoms with E-state index in [2.05, 4.69) is 15.6 Å². The van der Waals surface area contributed by atoms with Gasteiger partial charge in [-0.15, -0.1) is 24.0 Å². The maximum atomic E-state index is 13.9. The molecule has 2 N–H and O–H groups in total. The molecule has 164 valence electrons. The lowest BCUT2D eigenvalue weighted by molar-refractivity contribution is 0.553. The molecule has 2 aromatic carbocycles. The standard InChI is InChI=1S/C20H22F3N3O2S.HI/c1-24-20(26-18-9-15(18)19-16(22)4-3-5-17(19)23)25-10-13-8-14(21)7-6-12(13)11-29(2,27)28;/h3-8,15,18H,9-11H2,1-2H3,(H2,24,25,26);1H. The largest absolute Gasteiger partial charge is 0.353 e. The minimum absolute atomic E-state index is 0.